The quantitative estimate of drug-likeness (QED) is 0.699. The van der Waals surface area contributed by atoms with E-state index in [-0.39, 0.29) is 15.6 Å². The van der Waals surface area contributed by atoms with Gasteiger partial charge in [0, 0.05) is 0 Å². The minimum Gasteiger partial charge on any atom is -0.397 e. The second-order valence-corrected chi connectivity index (χ2v) is 6.37. The molecule has 100 valence electrons. The van der Waals surface area contributed by atoms with Crippen LogP contribution >= 0.6 is 11.6 Å². The molecule has 8 heteroatoms. The molecule has 1 rings (SSSR count). The standard InChI is InChI=1S/C10H14ClN3O3S/c1-10(2,9(13)15)14-18(16,17)6-3-4-7(11)8(12)5-6/h3-5,14H,12H2,1-2H3,(H2,13,15). The van der Waals surface area contributed by atoms with Gasteiger partial charge in [-0.25, -0.2) is 8.42 Å². The van der Waals surface area contributed by atoms with Gasteiger partial charge >= 0.3 is 0 Å². The molecule has 18 heavy (non-hydrogen) atoms. The fourth-order valence-electron chi connectivity index (χ4n) is 1.13. The molecular formula is C10H14ClN3O3S. The number of rotatable bonds is 4. The third kappa shape index (κ3) is 3.12. The zero-order valence-corrected chi connectivity index (χ0v) is 11.5. The highest BCUT2D eigenvalue weighted by molar-refractivity contribution is 7.89. The third-order valence-electron chi connectivity index (χ3n) is 2.28. The van der Waals surface area contributed by atoms with Crippen LogP contribution in [0.3, 0.4) is 0 Å². The summed E-state index contributed by atoms with van der Waals surface area (Å²) < 4.78 is 26.2. The lowest BCUT2D eigenvalue weighted by Gasteiger charge is -2.22. The monoisotopic (exact) mass is 291 g/mol. The summed E-state index contributed by atoms with van der Waals surface area (Å²) in [6.45, 7) is 2.73. The Kier molecular flexibility index (Phi) is 3.89. The van der Waals surface area contributed by atoms with Crippen molar-refractivity contribution in [3.05, 3.63) is 23.2 Å². The number of halogens is 1. The zero-order valence-electron chi connectivity index (χ0n) is 9.90. The van der Waals surface area contributed by atoms with Crippen LogP contribution in [0.15, 0.2) is 23.1 Å². The summed E-state index contributed by atoms with van der Waals surface area (Å²) in [5, 5.41) is 0.253. The number of primary amides is 1. The molecule has 0 spiro atoms. The number of carbonyl (C=O) groups is 1. The van der Waals surface area contributed by atoms with Gasteiger partial charge in [-0.3, -0.25) is 4.79 Å². The normalized spacial score (nSPS) is 12.4. The van der Waals surface area contributed by atoms with Crippen LogP contribution in [0.5, 0.6) is 0 Å². The molecular weight excluding hydrogens is 278 g/mol. The van der Waals surface area contributed by atoms with Gasteiger partial charge in [-0.2, -0.15) is 4.72 Å². The number of amides is 1. The number of hydrogen-bond acceptors (Lipinski definition) is 4. The van der Waals surface area contributed by atoms with Crippen molar-refractivity contribution in [3.8, 4) is 0 Å². The van der Waals surface area contributed by atoms with E-state index in [0.29, 0.717) is 0 Å². The predicted molar refractivity (Wildman–Crippen MR) is 69.5 cm³/mol. The number of carbonyl (C=O) groups excluding carboxylic acids is 1. The van der Waals surface area contributed by atoms with E-state index in [4.69, 9.17) is 23.1 Å². The summed E-state index contributed by atoms with van der Waals surface area (Å²) in [4.78, 5) is 11.0. The van der Waals surface area contributed by atoms with Gasteiger partial charge in [0.15, 0.2) is 0 Å². The largest absolute Gasteiger partial charge is 0.397 e. The van der Waals surface area contributed by atoms with Crippen molar-refractivity contribution >= 4 is 33.2 Å². The van der Waals surface area contributed by atoms with E-state index in [1.807, 2.05) is 0 Å². The topological polar surface area (TPSA) is 115 Å². The number of hydrogen-bond donors (Lipinski definition) is 3. The van der Waals surface area contributed by atoms with Crippen molar-refractivity contribution in [1.29, 1.82) is 0 Å². The molecule has 0 aliphatic rings. The number of anilines is 1. The summed E-state index contributed by atoms with van der Waals surface area (Å²) in [7, 11) is -3.89. The van der Waals surface area contributed by atoms with Crippen LogP contribution in [0.1, 0.15) is 13.8 Å². The van der Waals surface area contributed by atoms with Gasteiger partial charge in [-0.05, 0) is 32.0 Å². The first-order valence-corrected chi connectivity index (χ1v) is 6.81. The van der Waals surface area contributed by atoms with Crippen LogP contribution < -0.4 is 16.2 Å². The van der Waals surface area contributed by atoms with E-state index in [2.05, 4.69) is 4.72 Å². The lowest BCUT2D eigenvalue weighted by molar-refractivity contribution is -0.122. The second kappa shape index (κ2) is 4.75. The molecule has 0 aliphatic heterocycles. The molecule has 0 radical (unpaired) electrons. The molecule has 0 aromatic heterocycles. The van der Waals surface area contributed by atoms with E-state index in [1.54, 1.807) is 0 Å². The van der Waals surface area contributed by atoms with E-state index in [9.17, 15) is 13.2 Å². The van der Waals surface area contributed by atoms with Gasteiger partial charge in [-0.15, -0.1) is 0 Å². The molecule has 1 amide bonds. The Bertz CT molecular complexity index is 584. The first kappa shape index (κ1) is 14.7. The highest BCUT2D eigenvalue weighted by atomic mass is 35.5. The Balaban J connectivity index is 3.15. The van der Waals surface area contributed by atoms with E-state index >= 15 is 0 Å². The van der Waals surface area contributed by atoms with Crippen LogP contribution in [0.4, 0.5) is 5.69 Å². The Morgan fingerprint density at radius 3 is 2.39 bits per heavy atom. The average molecular weight is 292 g/mol. The number of nitrogens with one attached hydrogen (secondary N) is 1. The summed E-state index contributed by atoms with van der Waals surface area (Å²) in [5.41, 5.74) is 9.36. The zero-order chi connectivity index (χ0) is 14.1. The molecule has 0 unspecified atom stereocenters. The van der Waals surface area contributed by atoms with Crippen molar-refractivity contribution in [2.75, 3.05) is 5.73 Å². The molecule has 1 aromatic rings. The van der Waals surface area contributed by atoms with Crippen LogP contribution in [0.2, 0.25) is 5.02 Å². The highest BCUT2D eigenvalue weighted by Crippen LogP contribution is 2.22. The molecule has 0 saturated carbocycles. The Labute approximate surface area is 110 Å². The average Bonchev–Trinajstić information content (AvgIpc) is 2.20. The second-order valence-electron chi connectivity index (χ2n) is 4.28. The van der Waals surface area contributed by atoms with Crippen LogP contribution in [0.25, 0.3) is 0 Å². The molecule has 5 N–H and O–H groups in total. The molecule has 0 fully saturated rings. The van der Waals surface area contributed by atoms with Gasteiger partial charge in [0.05, 0.1) is 15.6 Å². The van der Waals surface area contributed by atoms with Crippen molar-refractivity contribution in [2.45, 2.75) is 24.3 Å². The maximum Gasteiger partial charge on any atom is 0.241 e. The molecule has 0 saturated heterocycles. The highest BCUT2D eigenvalue weighted by Gasteiger charge is 2.31. The predicted octanol–water partition coefficient (Wildman–Crippen LogP) is 0.464. The maximum atomic E-state index is 12.0. The molecule has 0 aliphatic carbocycles. The summed E-state index contributed by atoms with van der Waals surface area (Å²) in [6, 6.07) is 3.86. The first-order chi connectivity index (χ1) is 8.06. The summed E-state index contributed by atoms with van der Waals surface area (Å²) >= 11 is 5.70. The van der Waals surface area contributed by atoms with E-state index in [0.717, 1.165) is 0 Å². The van der Waals surface area contributed by atoms with Gasteiger partial charge in [0.1, 0.15) is 5.54 Å². The van der Waals surface area contributed by atoms with Gasteiger partial charge in [-0.1, -0.05) is 11.6 Å². The summed E-state index contributed by atoms with van der Waals surface area (Å²) in [6.07, 6.45) is 0. The van der Waals surface area contributed by atoms with Crippen LogP contribution in [-0.2, 0) is 14.8 Å². The first-order valence-electron chi connectivity index (χ1n) is 4.95. The number of benzene rings is 1. The van der Waals surface area contributed by atoms with E-state index in [1.165, 1.54) is 32.0 Å². The SMILES string of the molecule is CC(C)(NS(=O)(=O)c1ccc(Cl)c(N)c1)C(N)=O. The Morgan fingerprint density at radius 2 is 1.94 bits per heavy atom. The molecule has 0 bridgehead atoms. The van der Waals surface area contributed by atoms with Crippen molar-refractivity contribution in [3.63, 3.8) is 0 Å². The van der Waals surface area contributed by atoms with E-state index < -0.39 is 21.5 Å². The molecule has 0 heterocycles. The number of sulfonamides is 1. The molecule has 6 nitrogen and oxygen atoms in total. The van der Waals surface area contributed by atoms with Crippen LogP contribution in [-0.4, -0.2) is 19.9 Å². The third-order valence-corrected chi connectivity index (χ3v) is 4.28. The van der Waals surface area contributed by atoms with Crippen LogP contribution in [0, 0.1) is 0 Å². The Hall–Kier alpha value is -1.31. The minimum atomic E-state index is -3.89. The molecule has 1 aromatic carbocycles. The fraction of sp³-hybridized carbons (Fsp3) is 0.300. The lowest BCUT2D eigenvalue weighted by Crippen LogP contribution is -2.52. The lowest BCUT2D eigenvalue weighted by atomic mass is 10.1. The van der Waals surface area contributed by atoms with Gasteiger partial charge in [0.2, 0.25) is 15.9 Å². The smallest absolute Gasteiger partial charge is 0.241 e. The number of nitrogen functional groups attached to an aromatic ring is 1. The maximum absolute atomic E-state index is 12.0. The minimum absolute atomic E-state index is 0.0845. The van der Waals surface area contributed by atoms with Crippen molar-refractivity contribution < 1.29 is 13.2 Å². The van der Waals surface area contributed by atoms with Gasteiger partial charge < -0.3 is 11.5 Å². The van der Waals surface area contributed by atoms with Crippen molar-refractivity contribution in [1.82, 2.24) is 4.72 Å². The van der Waals surface area contributed by atoms with Crippen molar-refractivity contribution in [2.24, 2.45) is 5.73 Å². The molecule has 0 atom stereocenters. The van der Waals surface area contributed by atoms with Gasteiger partial charge in [0.25, 0.3) is 0 Å². The number of nitrogens with two attached hydrogens (primary N) is 2. The fourth-order valence-corrected chi connectivity index (χ4v) is 2.67. The summed E-state index contributed by atoms with van der Waals surface area (Å²) in [5.74, 6) is -0.784. The Morgan fingerprint density at radius 1 is 1.39 bits per heavy atom.